The number of nitrogens with zero attached hydrogens (tertiary/aromatic N) is 2. The zero-order chi connectivity index (χ0) is 13.8. The second-order valence-electron chi connectivity index (χ2n) is 5.26. The molecule has 5 heteroatoms. The molecule has 0 amide bonds. The standard InChI is InChI=1S/C13H26N4O/c1-6-10-9-12(17(4)16-10)11(15-14)7-8-13(2,3)18-5/h9,11,15H,6-8,14H2,1-5H3. The van der Waals surface area contributed by atoms with Crippen molar-refractivity contribution in [2.24, 2.45) is 12.9 Å². The molecule has 5 nitrogen and oxygen atoms in total. The van der Waals surface area contributed by atoms with Gasteiger partial charge < -0.3 is 4.74 Å². The van der Waals surface area contributed by atoms with Gasteiger partial charge in [-0.15, -0.1) is 0 Å². The number of aromatic nitrogens is 2. The average molecular weight is 254 g/mol. The number of methoxy groups -OCH3 is 1. The van der Waals surface area contributed by atoms with Gasteiger partial charge in [0, 0.05) is 14.2 Å². The van der Waals surface area contributed by atoms with Crippen molar-refractivity contribution in [3.05, 3.63) is 17.5 Å². The van der Waals surface area contributed by atoms with Gasteiger partial charge in [0.25, 0.3) is 0 Å². The molecule has 0 saturated heterocycles. The Morgan fingerprint density at radius 3 is 2.67 bits per heavy atom. The largest absolute Gasteiger partial charge is 0.379 e. The molecule has 0 saturated carbocycles. The molecule has 0 fully saturated rings. The molecule has 3 N–H and O–H groups in total. The predicted molar refractivity (Wildman–Crippen MR) is 73.0 cm³/mol. The van der Waals surface area contributed by atoms with E-state index in [1.165, 1.54) is 0 Å². The maximum absolute atomic E-state index is 5.66. The molecule has 1 unspecified atom stereocenters. The van der Waals surface area contributed by atoms with Gasteiger partial charge in [0.05, 0.1) is 23.0 Å². The van der Waals surface area contributed by atoms with E-state index in [-0.39, 0.29) is 11.6 Å². The predicted octanol–water partition coefficient (Wildman–Crippen LogP) is 1.69. The van der Waals surface area contributed by atoms with Gasteiger partial charge in [0.1, 0.15) is 0 Å². The van der Waals surface area contributed by atoms with Gasteiger partial charge in [-0.1, -0.05) is 6.92 Å². The zero-order valence-corrected chi connectivity index (χ0v) is 12.2. The summed E-state index contributed by atoms with van der Waals surface area (Å²) < 4.78 is 7.34. The van der Waals surface area contributed by atoms with Crippen molar-refractivity contribution < 1.29 is 4.74 Å². The van der Waals surface area contributed by atoms with Crippen LogP contribution in [-0.2, 0) is 18.2 Å². The van der Waals surface area contributed by atoms with Crippen molar-refractivity contribution in [1.82, 2.24) is 15.2 Å². The van der Waals surface area contributed by atoms with Gasteiger partial charge in [-0.3, -0.25) is 16.0 Å². The molecular formula is C13H26N4O. The summed E-state index contributed by atoms with van der Waals surface area (Å²) in [5.74, 6) is 5.66. The topological polar surface area (TPSA) is 65.1 Å². The van der Waals surface area contributed by atoms with E-state index in [2.05, 4.69) is 37.4 Å². The highest BCUT2D eigenvalue weighted by molar-refractivity contribution is 5.14. The molecule has 18 heavy (non-hydrogen) atoms. The Morgan fingerprint density at radius 2 is 2.22 bits per heavy atom. The average Bonchev–Trinajstić information content (AvgIpc) is 2.72. The first kappa shape index (κ1) is 15.1. The van der Waals surface area contributed by atoms with E-state index in [9.17, 15) is 0 Å². The first-order valence-electron chi connectivity index (χ1n) is 6.47. The Morgan fingerprint density at radius 1 is 1.56 bits per heavy atom. The molecule has 0 bridgehead atoms. The Bertz CT molecular complexity index is 373. The van der Waals surface area contributed by atoms with E-state index in [0.29, 0.717) is 0 Å². The third-order valence-corrected chi connectivity index (χ3v) is 3.47. The fraction of sp³-hybridized carbons (Fsp3) is 0.769. The van der Waals surface area contributed by atoms with Crippen molar-refractivity contribution in [3.63, 3.8) is 0 Å². The van der Waals surface area contributed by atoms with Crippen molar-refractivity contribution in [2.75, 3.05) is 7.11 Å². The number of rotatable bonds is 7. The molecule has 1 aromatic rings. The van der Waals surface area contributed by atoms with Gasteiger partial charge in [-0.05, 0) is 39.2 Å². The molecule has 104 valence electrons. The number of hydrazine groups is 1. The van der Waals surface area contributed by atoms with Gasteiger partial charge in [0.2, 0.25) is 0 Å². The summed E-state index contributed by atoms with van der Waals surface area (Å²) in [5.41, 5.74) is 4.98. The number of ether oxygens (including phenoxy) is 1. The van der Waals surface area contributed by atoms with Gasteiger partial charge in [-0.25, -0.2) is 0 Å². The normalized spacial score (nSPS) is 13.9. The SMILES string of the molecule is CCc1cc(C(CCC(C)(C)OC)NN)n(C)n1. The minimum absolute atomic E-state index is 0.109. The van der Waals surface area contributed by atoms with Gasteiger partial charge in [-0.2, -0.15) is 5.10 Å². The highest BCUT2D eigenvalue weighted by atomic mass is 16.5. The summed E-state index contributed by atoms with van der Waals surface area (Å²) in [6.07, 6.45) is 2.79. The maximum Gasteiger partial charge on any atom is 0.0630 e. The highest BCUT2D eigenvalue weighted by Crippen LogP contribution is 2.24. The molecule has 1 atom stereocenters. The van der Waals surface area contributed by atoms with E-state index in [0.717, 1.165) is 30.7 Å². The lowest BCUT2D eigenvalue weighted by Crippen LogP contribution is -2.32. The van der Waals surface area contributed by atoms with E-state index >= 15 is 0 Å². The van der Waals surface area contributed by atoms with Gasteiger partial charge >= 0.3 is 0 Å². The number of nitrogens with two attached hydrogens (primary N) is 1. The molecule has 0 aliphatic rings. The minimum atomic E-state index is -0.124. The molecule has 0 aromatic carbocycles. The Balaban J connectivity index is 2.74. The van der Waals surface area contributed by atoms with Crippen LogP contribution in [0.15, 0.2) is 6.07 Å². The van der Waals surface area contributed by atoms with E-state index in [1.54, 1.807) is 7.11 Å². The smallest absolute Gasteiger partial charge is 0.0630 e. The van der Waals surface area contributed by atoms with E-state index in [4.69, 9.17) is 10.6 Å². The quantitative estimate of drug-likeness (QED) is 0.574. The van der Waals surface area contributed by atoms with E-state index < -0.39 is 0 Å². The van der Waals surface area contributed by atoms with Crippen molar-refractivity contribution >= 4 is 0 Å². The van der Waals surface area contributed by atoms with E-state index in [1.807, 2.05) is 11.7 Å². The number of nitrogens with one attached hydrogen (secondary N) is 1. The van der Waals surface area contributed by atoms with Crippen LogP contribution in [0.2, 0.25) is 0 Å². The summed E-state index contributed by atoms with van der Waals surface area (Å²) in [7, 11) is 3.70. The second kappa shape index (κ2) is 6.31. The summed E-state index contributed by atoms with van der Waals surface area (Å²) >= 11 is 0. The third kappa shape index (κ3) is 3.80. The first-order valence-corrected chi connectivity index (χ1v) is 6.47. The minimum Gasteiger partial charge on any atom is -0.379 e. The van der Waals surface area contributed by atoms with Crippen LogP contribution in [0, 0.1) is 0 Å². The summed E-state index contributed by atoms with van der Waals surface area (Å²) in [6, 6.07) is 2.22. The molecule has 1 heterocycles. The Labute approximate surface area is 110 Å². The van der Waals surface area contributed by atoms with Crippen molar-refractivity contribution in [3.8, 4) is 0 Å². The third-order valence-electron chi connectivity index (χ3n) is 3.47. The molecule has 0 radical (unpaired) electrons. The fourth-order valence-electron chi connectivity index (χ4n) is 1.95. The van der Waals surface area contributed by atoms with Crippen LogP contribution in [0.3, 0.4) is 0 Å². The van der Waals surface area contributed by atoms with Crippen LogP contribution in [0.1, 0.15) is 51.0 Å². The van der Waals surface area contributed by atoms with Crippen LogP contribution < -0.4 is 11.3 Å². The maximum atomic E-state index is 5.66. The second-order valence-corrected chi connectivity index (χ2v) is 5.26. The van der Waals surface area contributed by atoms with Crippen LogP contribution in [0.4, 0.5) is 0 Å². The van der Waals surface area contributed by atoms with Crippen LogP contribution in [0.25, 0.3) is 0 Å². The lowest BCUT2D eigenvalue weighted by molar-refractivity contribution is 0.0115. The Kier molecular flexibility index (Phi) is 5.31. The number of hydrogen-bond donors (Lipinski definition) is 2. The highest BCUT2D eigenvalue weighted by Gasteiger charge is 2.21. The van der Waals surface area contributed by atoms with Crippen molar-refractivity contribution in [1.29, 1.82) is 0 Å². The summed E-state index contributed by atoms with van der Waals surface area (Å²) in [4.78, 5) is 0. The van der Waals surface area contributed by atoms with Gasteiger partial charge in [0.15, 0.2) is 0 Å². The summed E-state index contributed by atoms with van der Waals surface area (Å²) in [6.45, 7) is 6.27. The van der Waals surface area contributed by atoms with Crippen LogP contribution in [-0.4, -0.2) is 22.5 Å². The Hall–Kier alpha value is -0.910. The summed E-state index contributed by atoms with van der Waals surface area (Å²) in [5, 5.41) is 4.45. The van der Waals surface area contributed by atoms with Crippen LogP contribution in [0.5, 0.6) is 0 Å². The first-order chi connectivity index (χ1) is 8.43. The number of hydrogen-bond acceptors (Lipinski definition) is 4. The van der Waals surface area contributed by atoms with Crippen LogP contribution >= 0.6 is 0 Å². The lowest BCUT2D eigenvalue weighted by atomic mass is 9.97. The lowest BCUT2D eigenvalue weighted by Gasteiger charge is -2.25. The molecule has 0 aliphatic carbocycles. The monoisotopic (exact) mass is 254 g/mol. The molecule has 0 spiro atoms. The molecule has 1 rings (SSSR count). The number of aryl methyl sites for hydroxylation is 2. The molecule has 1 aromatic heterocycles. The zero-order valence-electron chi connectivity index (χ0n) is 12.2. The van der Waals surface area contributed by atoms with Crippen molar-refractivity contribution in [2.45, 2.75) is 51.7 Å². The molecular weight excluding hydrogens is 228 g/mol. The molecule has 0 aliphatic heterocycles. The fourth-order valence-corrected chi connectivity index (χ4v) is 1.95.